The number of benzene rings is 2. The van der Waals surface area contributed by atoms with Crippen molar-refractivity contribution >= 4 is 44.8 Å². The van der Waals surface area contributed by atoms with E-state index in [1.54, 1.807) is 23.1 Å². The van der Waals surface area contributed by atoms with E-state index in [1.165, 1.54) is 22.5 Å². The largest absolute Gasteiger partial charge is 0.373 e. The van der Waals surface area contributed by atoms with Gasteiger partial charge in [0.15, 0.2) is 0 Å². The molecule has 2 heterocycles. The summed E-state index contributed by atoms with van der Waals surface area (Å²) in [6.07, 6.45) is 0.823. The minimum absolute atomic E-state index is 0.0490. The van der Waals surface area contributed by atoms with Crippen LogP contribution in [0.2, 0.25) is 5.02 Å². The Bertz CT molecular complexity index is 1180. The molecular formula is C23H26ClN3O5S. The molecule has 0 bridgehead atoms. The summed E-state index contributed by atoms with van der Waals surface area (Å²) in [5.41, 5.74) is 1.38. The standard InChI is InChI=1S/C23H26ClN3O5S/c1-15-13-26(14-16(2)32-15)33(30,31)21-11-17(8-9-20(21)24)23(29)25-18-5-3-6-19(12-18)27-10-4-7-22(27)28/h3,5-6,8-9,11-12,15-16H,4,7,10,13-14H2,1-2H3,(H,25,29). The van der Waals surface area contributed by atoms with Crippen molar-refractivity contribution in [3.05, 3.63) is 53.1 Å². The van der Waals surface area contributed by atoms with Crippen LogP contribution in [0.3, 0.4) is 0 Å². The first-order valence-corrected chi connectivity index (χ1v) is 12.6. The van der Waals surface area contributed by atoms with Crippen LogP contribution >= 0.6 is 11.6 Å². The molecule has 0 aliphatic carbocycles. The lowest BCUT2D eigenvalue weighted by atomic mass is 10.2. The lowest BCUT2D eigenvalue weighted by molar-refractivity contribution is -0.117. The number of nitrogens with one attached hydrogen (secondary N) is 1. The Labute approximate surface area is 198 Å². The number of carbonyl (C=O) groups is 2. The molecule has 0 radical (unpaired) electrons. The molecule has 2 aliphatic rings. The molecular weight excluding hydrogens is 466 g/mol. The highest BCUT2D eigenvalue weighted by Crippen LogP contribution is 2.29. The predicted octanol–water partition coefficient (Wildman–Crippen LogP) is 3.52. The highest BCUT2D eigenvalue weighted by atomic mass is 35.5. The van der Waals surface area contributed by atoms with Gasteiger partial charge in [0.05, 0.1) is 17.2 Å². The van der Waals surface area contributed by atoms with Gasteiger partial charge in [-0.2, -0.15) is 4.31 Å². The third-order valence-electron chi connectivity index (χ3n) is 5.69. The van der Waals surface area contributed by atoms with E-state index in [2.05, 4.69) is 5.32 Å². The van der Waals surface area contributed by atoms with Crippen LogP contribution in [0.5, 0.6) is 0 Å². The number of ether oxygens (including phenoxy) is 1. The number of rotatable bonds is 5. The molecule has 2 aromatic rings. The minimum atomic E-state index is -3.91. The fourth-order valence-corrected chi connectivity index (χ4v) is 6.28. The van der Waals surface area contributed by atoms with Gasteiger partial charge in [-0.25, -0.2) is 8.42 Å². The summed E-state index contributed by atoms with van der Waals surface area (Å²) >= 11 is 6.24. The number of carbonyl (C=O) groups excluding carboxylic acids is 2. The Hall–Kier alpha value is -2.46. The first-order chi connectivity index (χ1) is 15.6. The maximum absolute atomic E-state index is 13.3. The van der Waals surface area contributed by atoms with Crippen molar-refractivity contribution in [3.8, 4) is 0 Å². The fraction of sp³-hybridized carbons (Fsp3) is 0.391. The Morgan fingerprint density at radius 3 is 2.52 bits per heavy atom. The summed E-state index contributed by atoms with van der Waals surface area (Å²) in [5, 5.41) is 2.83. The third-order valence-corrected chi connectivity index (χ3v) is 8.00. The summed E-state index contributed by atoms with van der Waals surface area (Å²) in [6.45, 7) is 4.69. The highest BCUT2D eigenvalue weighted by molar-refractivity contribution is 7.89. The van der Waals surface area contributed by atoms with Crippen molar-refractivity contribution in [2.24, 2.45) is 0 Å². The van der Waals surface area contributed by atoms with Crippen molar-refractivity contribution in [2.45, 2.75) is 43.8 Å². The zero-order valence-corrected chi connectivity index (χ0v) is 20.0. The first kappa shape index (κ1) is 23.7. The van der Waals surface area contributed by atoms with Crippen molar-refractivity contribution in [3.63, 3.8) is 0 Å². The van der Waals surface area contributed by atoms with Gasteiger partial charge in [-0.3, -0.25) is 9.59 Å². The molecule has 0 aromatic heterocycles. The van der Waals surface area contributed by atoms with Crippen LogP contribution in [0.4, 0.5) is 11.4 Å². The number of nitrogens with zero attached hydrogens (tertiary/aromatic N) is 2. The van der Waals surface area contributed by atoms with E-state index in [9.17, 15) is 18.0 Å². The normalized spacial score (nSPS) is 21.9. The Balaban J connectivity index is 1.56. The van der Waals surface area contributed by atoms with Gasteiger partial charge >= 0.3 is 0 Å². The van der Waals surface area contributed by atoms with Crippen molar-refractivity contribution in [2.75, 3.05) is 29.9 Å². The summed E-state index contributed by atoms with van der Waals surface area (Å²) < 4.78 is 33.5. The average Bonchev–Trinajstić information content (AvgIpc) is 3.19. The molecule has 0 spiro atoms. The minimum Gasteiger partial charge on any atom is -0.373 e. The van der Waals surface area contributed by atoms with E-state index in [4.69, 9.17) is 16.3 Å². The second-order valence-electron chi connectivity index (χ2n) is 8.38. The molecule has 33 heavy (non-hydrogen) atoms. The van der Waals surface area contributed by atoms with E-state index in [1.807, 2.05) is 19.9 Å². The lowest BCUT2D eigenvalue weighted by Crippen LogP contribution is -2.48. The van der Waals surface area contributed by atoms with Crippen LogP contribution in [0.15, 0.2) is 47.4 Å². The second kappa shape index (κ2) is 9.42. The third kappa shape index (κ3) is 5.06. The second-order valence-corrected chi connectivity index (χ2v) is 10.7. The number of hydrogen-bond acceptors (Lipinski definition) is 5. The van der Waals surface area contributed by atoms with Crippen LogP contribution in [0.25, 0.3) is 0 Å². The van der Waals surface area contributed by atoms with Gasteiger partial charge in [-0.05, 0) is 56.7 Å². The van der Waals surface area contributed by atoms with E-state index in [0.29, 0.717) is 24.3 Å². The molecule has 0 saturated carbocycles. The molecule has 2 atom stereocenters. The van der Waals surface area contributed by atoms with Gasteiger partial charge in [0.25, 0.3) is 5.91 Å². The highest BCUT2D eigenvalue weighted by Gasteiger charge is 2.34. The number of hydrogen-bond donors (Lipinski definition) is 1. The van der Waals surface area contributed by atoms with Crippen molar-refractivity contribution < 1.29 is 22.7 Å². The predicted molar refractivity (Wildman–Crippen MR) is 126 cm³/mol. The molecule has 2 unspecified atom stereocenters. The van der Waals surface area contributed by atoms with Gasteiger partial charge in [0.2, 0.25) is 15.9 Å². The van der Waals surface area contributed by atoms with Crippen LogP contribution in [-0.4, -0.2) is 56.4 Å². The summed E-state index contributed by atoms with van der Waals surface area (Å²) in [6, 6.07) is 11.2. The summed E-state index contributed by atoms with van der Waals surface area (Å²) in [7, 11) is -3.91. The number of amides is 2. The number of sulfonamides is 1. The first-order valence-electron chi connectivity index (χ1n) is 10.8. The number of halogens is 1. The van der Waals surface area contributed by atoms with Gasteiger partial charge in [0, 0.05) is 43.0 Å². The zero-order valence-electron chi connectivity index (χ0n) is 18.5. The molecule has 4 rings (SSSR count). The summed E-state index contributed by atoms with van der Waals surface area (Å²) in [5.74, 6) is -0.422. The quantitative estimate of drug-likeness (QED) is 0.690. The molecule has 176 valence electrons. The lowest BCUT2D eigenvalue weighted by Gasteiger charge is -2.34. The Morgan fingerprint density at radius 2 is 1.85 bits per heavy atom. The maximum Gasteiger partial charge on any atom is 0.255 e. The number of anilines is 2. The topological polar surface area (TPSA) is 96.0 Å². The van der Waals surface area contributed by atoms with Gasteiger partial charge in [-0.15, -0.1) is 0 Å². The number of morpholine rings is 1. The van der Waals surface area contributed by atoms with E-state index < -0.39 is 15.9 Å². The monoisotopic (exact) mass is 491 g/mol. The Kier molecular flexibility index (Phi) is 6.76. The van der Waals surface area contributed by atoms with E-state index in [0.717, 1.165) is 6.42 Å². The van der Waals surface area contributed by atoms with Gasteiger partial charge in [0.1, 0.15) is 4.90 Å². The molecule has 2 aromatic carbocycles. The van der Waals surface area contributed by atoms with Crippen molar-refractivity contribution in [1.29, 1.82) is 0 Å². The maximum atomic E-state index is 13.3. The Morgan fingerprint density at radius 1 is 1.12 bits per heavy atom. The average molecular weight is 492 g/mol. The smallest absolute Gasteiger partial charge is 0.255 e. The molecule has 2 amide bonds. The summed E-state index contributed by atoms with van der Waals surface area (Å²) in [4.78, 5) is 26.5. The molecule has 2 aliphatic heterocycles. The van der Waals surface area contributed by atoms with Gasteiger partial charge in [-0.1, -0.05) is 17.7 Å². The molecule has 8 nitrogen and oxygen atoms in total. The van der Waals surface area contributed by atoms with Crippen LogP contribution < -0.4 is 10.2 Å². The fourth-order valence-electron chi connectivity index (χ4n) is 4.18. The van der Waals surface area contributed by atoms with Crippen LogP contribution in [0, 0.1) is 0 Å². The molecule has 1 N–H and O–H groups in total. The van der Waals surface area contributed by atoms with Gasteiger partial charge < -0.3 is 15.0 Å². The van der Waals surface area contributed by atoms with E-state index >= 15 is 0 Å². The molecule has 2 fully saturated rings. The van der Waals surface area contributed by atoms with Crippen LogP contribution in [0.1, 0.15) is 37.0 Å². The van der Waals surface area contributed by atoms with E-state index in [-0.39, 0.29) is 46.7 Å². The zero-order chi connectivity index (χ0) is 23.8. The van der Waals surface area contributed by atoms with Crippen LogP contribution in [-0.2, 0) is 19.6 Å². The molecule has 2 saturated heterocycles. The van der Waals surface area contributed by atoms with Crippen molar-refractivity contribution in [1.82, 2.24) is 4.31 Å². The molecule has 10 heteroatoms. The SMILES string of the molecule is CC1CN(S(=O)(=O)c2cc(C(=O)Nc3cccc(N4CCCC4=O)c3)ccc2Cl)CC(C)O1.